The van der Waals surface area contributed by atoms with Crippen molar-refractivity contribution in [3.8, 4) is 5.75 Å². The number of nitrogens with zero attached hydrogens (tertiary/aromatic N) is 4. The fraction of sp³-hybridized carbons (Fsp3) is 0.381. The highest BCUT2D eigenvalue weighted by molar-refractivity contribution is 6.10. The lowest BCUT2D eigenvalue weighted by atomic mass is 10.1. The van der Waals surface area contributed by atoms with Crippen LogP contribution in [0.2, 0.25) is 0 Å². The first-order valence-electron chi connectivity index (χ1n) is 9.79. The van der Waals surface area contributed by atoms with E-state index in [-0.39, 0.29) is 24.5 Å². The highest BCUT2D eigenvalue weighted by atomic mass is 16.5. The molecule has 1 aliphatic heterocycles. The van der Waals surface area contributed by atoms with Gasteiger partial charge < -0.3 is 15.7 Å². The molecule has 0 fully saturated rings. The van der Waals surface area contributed by atoms with Crippen molar-refractivity contribution in [1.29, 1.82) is 0 Å². The van der Waals surface area contributed by atoms with E-state index in [0.29, 0.717) is 29.4 Å². The predicted molar refractivity (Wildman–Crippen MR) is 115 cm³/mol. The van der Waals surface area contributed by atoms with Gasteiger partial charge in [-0.15, -0.1) is 0 Å². The van der Waals surface area contributed by atoms with Crippen LogP contribution in [0.4, 0.5) is 5.82 Å². The zero-order valence-electron chi connectivity index (χ0n) is 17.7. The summed E-state index contributed by atoms with van der Waals surface area (Å²) >= 11 is 0. The van der Waals surface area contributed by atoms with Crippen LogP contribution in [0.3, 0.4) is 0 Å². The SMILES string of the molecule is Cc1cc2c(cc1OC(C)C)C(=O)N(c1cccc(/C(=N/N)N(N)C(C)CO)n1)C2. The number of carbonyl (C=O) groups excluding carboxylic acids is 1. The summed E-state index contributed by atoms with van der Waals surface area (Å²) in [6.45, 7) is 7.83. The largest absolute Gasteiger partial charge is 0.491 e. The molecule has 1 aliphatic rings. The molecule has 5 N–H and O–H groups in total. The van der Waals surface area contributed by atoms with E-state index >= 15 is 0 Å². The number of ether oxygens (including phenoxy) is 1. The molecule has 3 rings (SSSR count). The second-order valence-electron chi connectivity index (χ2n) is 7.61. The first-order chi connectivity index (χ1) is 14.3. The maximum Gasteiger partial charge on any atom is 0.260 e. The molecular weight excluding hydrogens is 384 g/mol. The van der Waals surface area contributed by atoms with Gasteiger partial charge in [-0.05, 0) is 63.1 Å². The summed E-state index contributed by atoms with van der Waals surface area (Å²) in [4.78, 5) is 19.2. The van der Waals surface area contributed by atoms with Gasteiger partial charge in [-0.25, -0.2) is 10.8 Å². The van der Waals surface area contributed by atoms with Gasteiger partial charge in [0.05, 0.1) is 25.3 Å². The molecule has 0 radical (unpaired) electrons. The van der Waals surface area contributed by atoms with E-state index in [1.54, 1.807) is 36.1 Å². The summed E-state index contributed by atoms with van der Waals surface area (Å²) < 4.78 is 5.83. The number of hydrogen-bond donors (Lipinski definition) is 3. The number of aliphatic hydroxyl groups excluding tert-OH is 1. The zero-order chi connectivity index (χ0) is 22.0. The number of nitrogens with two attached hydrogens (primary N) is 2. The van der Waals surface area contributed by atoms with Crippen LogP contribution in [-0.2, 0) is 6.54 Å². The van der Waals surface area contributed by atoms with Crippen molar-refractivity contribution in [1.82, 2.24) is 9.99 Å². The van der Waals surface area contributed by atoms with E-state index in [2.05, 4.69) is 10.1 Å². The molecule has 0 saturated heterocycles. The van der Waals surface area contributed by atoms with Gasteiger partial charge in [0.2, 0.25) is 0 Å². The van der Waals surface area contributed by atoms with Crippen molar-refractivity contribution in [2.24, 2.45) is 16.8 Å². The van der Waals surface area contributed by atoms with Crippen LogP contribution in [0.1, 0.15) is 48.0 Å². The van der Waals surface area contributed by atoms with Gasteiger partial charge in [0.25, 0.3) is 5.91 Å². The van der Waals surface area contributed by atoms with Crippen LogP contribution < -0.4 is 21.3 Å². The van der Waals surface area contributed by atoms with Gasteiger partial charge in [-0.2, -0.15) is 5.10 Å². The minimum atomic E-state index is -0.405. The first kappa shape index (κ1) is 21.5. The summed E-state index contributed by atoms with van der Waals surface area (Å²) in [6, 6.07) is 8.58. The summed E-state index contributed by atoms with van der Waals surface area (Å²) in [5, 5.41) is 14.3. The quantitative estimate of drug-likeness (QED) is 0.284. The summed E-state index contributed by atoms with van der Waals surface area (Å²) in [7, 11) is 0. The molecule has 1 atom stereocenters. The third-order valence-corrected chi connectivity index (χ3v) is 4.91. The Morgan fingerprint density at radius 2 is 2.10 bits per heavy atom. The number of fused-ring (bicyclic) bond motifs is 1. The van der Waals surface area contributed by atoms with Crippen LogP contribution in [0.15, 0.2) is 35.4 Å². The number of benzene rings is 1. The van der Waals surface area contributed by atoms with Crippen LogP contribution in [0.25, 0.3) is 0 Å². The Balaban J connectivity index is 1.92. The smallest absolute Gasteiger partial charge is 0.260 e. The number of hydrogen-bond acceptors (Lipinski definition) is 7. The highest BCUT2D eigenvalue weighted by Gasteiger charge is 2.31. The number of aryl methyl sites for hydroxylation is 1. The zero-order valence-corrected chi connectivity index (χ0v) is 17.7. The molecular formula is C21H28N6O3. The number of amidine groups is 1. The van der Waals surface area contributed by atoms with E-state index < -0.39 is 6.04 Å². The molecule has 0 spiro atoms. The van der Waals surface area contributed by atoms with Crippen LogP contribution >= 0.6 is 0 Å². The summed E-state index contributed by atoms with van der Waals surface area (Å²) in [5.41, 5.74) is 2.91. The molecule has 0 bridgehead atoms. The second-order valence-corrected chi connectivity index (χ2v) is 7.61. The number of aromatic nitrogens is 1. The van der Waals surface area contributed by atoms with Crippen molar-refractivity contribution in [3.63, 3.8) is 0 Å². The van der Waals surface area contributed by atoms with E-state index in [4.69, 9.17) is 16.4 Å². The van der Waals surface area contributed by atoms with Crippen LogP contribution in [-0.4, -0.2) is 45.6 Å². The average molecular weight is 412 g/mol. The topological polar surface area (TPSA) is 130 Å². The Bertz CT molecular complexity index is 975. The number of hydrazine groups is 1. The van der Waals surface area contributed by atoms with Gasteiger partial charge in [0.1, 0.15) is 17.3 Å². The molecule has 160 valence electrons. The van der Waals surface area contributed by atoms with Gasteiger partial charge in [-0.3, -0.25) is 14.7 Å². The maximum atomic E-state index is 13.1. The van der Waals surface area contributed by atoms with Gasteiger partial charge >= 0.3 is 0 Å². The fourth-order valence-electron chi connectivity index (χ4n) is 3.29. The molecule has 1 aromatic heterocycles. The third-order valence-electron chi connectivity index (χ3n) is 4.91. The Labute approximate surface area is 175 Å². The molecule has 2 aromatic rings. The summed E-state index contributed by atoms with van der Waals surface area (Å²) in [6.07, 6.45) is 0.0159. The number of carbonyl (C=O) groups is 1. The monoisotopic (exact) mass is 412 g/mol. The molecule has 0 saturated carbocycles. The minimum Gasteiger partial charge on any atom is -0.491 e. The van der Waals surface area contributed by atoms with E-state index in [1.807, 2.05) is 26.8 Å². The Hall–Kier alpha value is -3.17. The number of pyridine rings is 1. The molecule has 1 aromatic carbocycles. The minimum absolute atomic E-state index is 0.0159. The van der Waals surface area contributed by atoms with Crippen molar-refractivity contribution >= 4 is 17.6 Å². The molecule has 1 amide bonds. The van der Waals surface area contributed by atoms with Crippen molar-refractivity contribution in [2.45, 2.75) is 46.4 Å². The molecule has 0 aliphatic carbocycles. The molecule has 1 unspecified atom stereocenters. The maximum absolute atomic E-state index is 13.1. The lowest BCUT2D eigenvalue weighted by molar-refractivity contribution is 0.0995. The normalized spacial score (nSPS) is 14.8. The van der Waals surface area contributed by atoms with Gasteiger partial charge in [-0.1, -0.05) is 6.07 Å². The average Bonchev–Trinajstić information content (AvgIpc) is 3.03. The number of rotatable bonds is 6. The standard InChI is InChI=1S/C21H28N6O3/c1-12(2)30-18-9-16-15(8-13(18)3)10-26(21(16)29)19-7-5-6-17(24-19)20(25-22)27(23)14(4)11-28/h5-9,12,14,28H,10-11,22-23H2,1-4H3/b25-20-. The number of hydrazone groups is 1. The van der Waals surface area contributed by atoms with Crippen molar-refractivity contribution in [3.05, 3.63) is 52.7 Å². The molecule has 30 heavy (non-hydrogen) atoms. The number of aliphatic hydroxyl groups is 1. The summed E-state index contributed by atoms with van der Waals surface area (Å²) in [5.74, 6) is 12.8. The van der Waals surface area contributed by atoms with Crippen LogP contribution in [0.5, 0.6) is 5.75 Å². The third kappa shape index (κ3) is 4.07. The van der Waals surface area contributed by atoms with E-state index in [1.165, 1.54) is 5.01 Å². The predicted octanol–water partition coefficient (Wildman–Crippen LogP) is 1.51. The van der Waals surface area contributed by atoms with Gasteiger partial charge in [0.15, 0.2) is 5.84 Å². The Kier molecular flexibility index (Phi) is 6.23. The number of amides is 1. The Morgan fingerprint density at radius 3 is 2.73 bits per heavy atom. The van der Waals surface area contributed by atoms with Crippen LogP contribution in [0, 0.1) is 6.92 Å². The van der Waals surface area contributed by atoms with Crippen molar-refractivity contribution in [2.75, 3.05) is 11.5 Å². The van der Waals surface area contributed by atoms with Gasteiger partial charge in [0, 0.05) is 5.56 Å². The molecule has 2 heterocycles. The highest BCUT2D eigenvalue weighted by Crippen LogP contribution is 2.32. The van der Waals surface area contributed by atoms with Crippen molar-refractivity contribution < 1.29 is 14.6 Å². The number of anilines is 1. The lowest BCUT2D eigenvalue weighted by Crippen LogP contribution is -2.47. The van der Waals surface area contributed by atoms with E-state index in [0.717, 1.165) is 11.1 Å². The Morgan fingerprint density at radius 1 is 1.37 bits per heavy atom. The van der Waals surface area contributed by atoms with E-state index in [9.17, 15) is 9.90 Å². The lowest BCUT2D eigenvalue weighted by Gasteiger charge is -2.25. The second kappa shape index (κ2) is 8.68. The molecule has 9 nitrogen and oxygen atoms in total. The first-order valence-corrected chi connectivity index (χ1v) is 9.79. The molecule has 9 heteroatoms. The fourth-order valence-corrected chi connectivity index (χ4v) is 3.29.